The number of para-hydroxylation sites is 2. The van der Waals surface area contributed by atoms with Gasteiger partial charge in [-0.3, -0.25) is 9.59 Å². The van der Waals surface area contributed by atoms with Gasteiger partial charge in [0.25, 0.3) is 11.8 Å². The molecule has 0 N–H and O–H groups in total. The number of piperidine rings is 1. The number of alkyl halides is 3. The van der Waals surface area contributed by atoms with Crippen LogP contribution in [0.1, 0.15) is 35.2 Å². The van der Waals surface area contributed by atoms with Crippen LogP contribution in [0.4, 0.5) is 18.9 Å². The second kappa shape index (κ2) is 8.01. The highest BCUT2D eigenvalue weighted by Crippen LogP contribution is 2.35. The van der Waals surface area contributed by atoms with Gasteiger partial charge in [0.1, 0.15) is 5.75 Å². The van der Waals surface area contributed by atoms with Crippen molar-refractivity contribution in [3.63, 3.8) is 0 Å². The van der Waals surface area contributed by atoms with Gasteiger partial charge in [0.2, 0.25) is 0 Å². The third-order valence-electron chi connectivity index (χ3n) is 5.42. The standard InChI is InChI=1S/C22H21F3N2O3/c23-22(24,25)16-10-8-15(9-11-16)20(28)27-14-19(21(29)26-12-4-1-5-13-26)30-18-7-3-2-6-17(18)27/h2-3,6-11,19H,1,4-5,12-14H2/t19-/m1/s1. The molecule has 2 aliphatic heterocycles. The highest BCUT2D eigenvalue weighted by Gasteiger charge is 2.37. The molecule has 0 aliphatic carbocycles. The number of nitrogens with zero attached hydrogens (tertiary/aromatic N) is 2. The highest BCUT2D eigenvalue weighted by atomic mass is 19.4. The van der Waals surface area contributed by atoms with Crippen molar-refractivity contribution in [3.05, 3.63) is 59.7 Å². The van der Waals surface area contributed by atoms with Crippen LogP contribution in [-0.4, -0.2) is 42.5 Å². The third kappa shape index (κ3) is 3.99. The van der Waals surface area contributed by atoms with Gasteiger partial charge in [-0.05, 0) is 55.7 Å². The summed E-state index contributed by atoms with van der Waals surface area (Å²) in [6.07, 6.45) is -2.38. The molecule has 8 heteroatoms. The first-order valence-corrected chi connectivity index (χ1v) is 9.88. The van der Waals surface area contributed by atoms with Crippen LogP contribution in [0.2, 0.25) is 0 Å². The Morgan fingerprint density at radius 3 is 2.27 bits per heavy atom. The molecule has 2 amide bonds. The van der Waals surface area contributed by atoms with E-state index in [9.17, 15) is 22.8 Å². The van der Waals surface area contributed by atoms with E-state index in [2.05, 4.69) is 0 Å². The predicted molar refractivity (Wildman–Crippen MR) is 104 cm³/mol. The van der Waals surface area contributed by atoms with Crippen molar-refractivity contribution in [1.29, 1.82) is 0 Å². The number of fused-ring (bicyclic) bond motifs is 1. The fourth-order valence-corrected chi connectivity index (χ4v) is 3.83. The molecule has 0 aromatic heterocycles. The lowest BCUT2D eigenvalue weighted by Crippen LogP contribution is -2.52. The number of hydrogen-bond donors (Lipinski definition) is 0. The predicted octanol–water partition coefficient (Wildman–Crippen LogP) is 4.13. The van der Waals surface area contributed by atoms with Gasteiger partial charge in [-0.25, -0.2) is 0 Å². The van der Waals surface area contributed by atoms with E-state index < -0.39 is 23.8 Å². The zero-order valence-corrected chi connectivity index (χ0v) is 16.2. The fraction of sp³-hybridized carbons (Fsp3) is 0.364. The second-order valence-electron chi connectivity index (χ2n) is 7.45. The zero-order valence-electron chi connectivity index (χ0n) is 16.2. The molecule has 2 heterocycles. The third-order valence-corrected chi connectivity index (χ3v) is 5.42. The molecule has 2 aromatic rings. The Morgan fingerprint density at radius 2 is 1.60 bits per heavy atom. The van der Waals surface area contributed by atoms with Gasteiger partial charge < -0.3 is 14.5 Å². The number of benzene rings is 2. The summed E-state index contributed by atoms with van der Waals surface area (Å²) in [5, 5.41) is 0. The van der Waals surface area contributed by atoms with Crippen LogP contribution < -0.4 is 9.64 Å². The Kier molecular flexibility index (Phi) is 5.40. The van der Waals surface area contributed by atoms with Gasteiger partial charge in [-0.15, -0.1) is 0 Å². The smallest absolute Gasteiger partial charge is 0.416 e. The molecule has 1 atom stereocenters. The normalized spacial score (nSPS) is 19.1. The number of rotatable bonds is 2. The molecule has 0 radical (unpaired) electrons. The summed E-state index contributed by atoms with van der Waals surface area (Å²) in [5.41, 5.74) is -0.214. The molecular formula is C22H21F3N2O3. The summed E-state index contributed by atoms with van der Waals surface area (Å²) >= 11 is 0. The van der Waals surface area contributed by atoms with Crippen LogP contribution >= 0.6 is 0 Å². The molecule has 4 rings (SSSR count). The monoisotopic (exact) mass is 418 g/mol. The van der Waals surface area contributed by atoms with Crippen molar-refractivity contribution in [2.75, 3.05) is 24.5 Å². The van der Waals surface area contributed by atoms with E-state index in [0.717, 1.165) is 43.5 Å². The minimum absolute atomic E-state index is 0.00615. The molecule has 0 spiro atoms. The quantitative estimate of drug-likeness (QED) is 0.737. The lowest BCUT2D eigenvalue weighted by Gasteiger charge is -2.37. The Morgan fingerprint density at radius 1 is 0.933 bits per heavy atom. The van der Waals surface area contributed by atoms with Gasteiger partial charge in [0.15, 0.2) is 6.10 Å². The average molecular weight is 418 g/mol. The van der Waals surface area contributed by atoms with E-state index in [1.807, 2.05) is 0 Å². The van der Waals surface area contributed by atoms with Crippen molar-refractivity contribution in [1.82, 2.24) is 4.90 Å². The summed E-state index contributed by atoms with van der Waals surface area (Å²) in [7, 11) is 0. The number of ether oxygens (including phenoxy) is 1. The van der Waals surface area contributed by atoms with Gasteiger partial charge in [0.05, 0.1) is 17.8 Å². The summed E-state index contributed by atoms with van der Waals surface area (Å²) < 4.78 is 44.4. The second-order valence-corrected chi connectivity index (χ2v) is 7.45. The van der Waals surface area contributed by atoms with E-state index in [-0.39, 0.29) is 18.0 Å². The molecule has 1 fully saturated rings. The number of likely N-dealkylation sites (tertiary alicyclic amines) is 1. The molecule has 158 valence electrons. The Labute approximate surface area is 172 Å². The molecule has 0 bridgehead atoms. The SMILES string of the molecule is O=C([C@H]1CN(C(=O)c2ccc(C(F)(F)F)cc2)c2ccccc2O1)N1CCCCC1. The lowest BCUT2D eigenvalue weighted by molar-refractivity contribution is -0.139. The number of amides is 2. The van der Waals surface area contributed by atoms with Gasteiger partial charge in [-0.2, -0.15) is 13.2 Å². The maximum Gasteiger partial charge on any atom is 0.416 e. The Bertz CT molecular complexity index is 937. The Hall–Kier alpha value is -3.03. The first-order valence-electron chi connectivity index (χ1n) is 9.88. The van der Waals surface area contributed by atoms with E-state index in [1.165, 1.54) is 4.90 Å². The first-order chi connectivity index (χ1) is 14.3. The summed E-state index contributed by atoms with van der Waals surface area (Å²) in [6, 6.07) is 10.9. The minimum Gasteiger partial charge on any atom is -0.476 e. The van der Waals surface area contributed by atoms with Crippen LogP contribution in [0.5, 0.6) is 5.75 Å². The van der Waals surface area contributed by atoms with Crippen LogP contribution in [0, 0.1) is 0 Å². The van der Waals surface area contributed by atoms with Gasteiger partial charge in [-0.1, -0.05) is 12.1 Å². The number of halogens is 3. The lowest BCUT2D eigenvalue weighted by atomic mass is 10.1. The molecule has 1 saturated heterocycles. The summed E-state index contributed by atoms with van der Waals surface area (Å²) in [4.78, 5) is 29.3. The molecule has 0 unspecified atom stereocenters. The van der Waals surface area contributed by atoms with Gasteiger partial charge >= 0.3 is 6.18 Å². The van der Waals surface area contributed by atoms with Crippen molar-refractivity contribution in [3.8, 4) is 5.75 Å². The van der Waals surface area contributed by atoms with E-state index in [0.29, 0.717) is 24.5 Å². The van der Waals surface area contributed by atoms with E-state index in [4.69, 9.17) is 4.74 Å². The number of carbonyl (C=O) groups is 2. The van der Waals surface area contributed by atoms with Crippen molar-refractivity contribution in [2.45, 2.75) is 31.5 Å². The largest absolute Gasteiger partial charge is 0.476 e. The first kappa shape index (κ1) is 20.3. The topological polar surface area (TPSA) is 49.9 Å². The average Bonchev–Trinajstić information content (AvgIpc) is 2.77. The molecule has 0 saturated carbocycles. The van der Waals surface area contributed by atoms with Crippen molar-refractivity contribution >= 4 is 17.5 Å². The maximum absolute atomic E-state index is 13.1. The highest BCUT2D eigenvalue weighted by molar-refractivity contribution is 6.07. The minimum atomic E-state index is -4.47. The zero-order chi connectivity index (χ0) is 21.3. The van der Waals surface area contributed by atoms with E-state index >= 15 is 0 Å². The summed E-state index contributed by atoms with van der Waals surface area (Å²) in [5.74, 6) is -0.246. The van der Waals surface area contributed by atoms with Gasteiger partial charge in [0, 0.05) is 18.7 Å². The fourth-order valence-electron chi connectivity index (χ4n) is 3.83. The molecule has 5 nitrogen and oxygen atoms in total. The maximum atomic E-state index is 13.1. The van der Waals surface area contributed by atoms with E-state index in [1.54, 1.807) is 29.2 Å². The molecule has 30 heavy (non-hydrogen) atoms. The molecule has 2 aliphatic rings. The van der Waals surface area contributed by atoms with Crippen LogP contribution in [0.25, 0.3) is 0 Å². The Balaban J connectivity index is 1.60. The summed E-state index contributed by atoms with van der Waals surface area (Å²) in [6.45, 7) is 1.33. The van der Waals surface area contributed by atoms with Crippen molar-refractivity contribution in [2.24, 2.45) is 0 Å². The van der Waals surface area contributed by atoms with Crippen molar-refractivity contribution < 1.29 is 27.5 Å². The number of anilines is 1. The number of hydrogen-bond acceptors (Lipinski definition) is 3. The van der Waals surface area contributed by atoms with Crippen LogP contribution in [0.15, 0.2) is 48.5 Å². The number of carbonyl (C=O) groups excluding carboxylic acids is 2. The molecule has 2 aromatic carbocycles. The molecular weight excluding hydrogens is 397 g/mol. The van der Waals surface area contributed by atoms with Crippen LogP contribution in [0.3, 0.4) is 0 Å². The van der Waals surface area contributed by atoms with Crippen LogP contribution in [-0.2, 0) is 11.0 Å².